The molecule has 0 unspecified atom stereocenters. The molecule has 1 rings (SSSR count). The standard InChI is InChI=1S/C9H9BrO2/c1-7(11-2)12-9-5-3-8(10)4-6-9/h3-6H,1H2,2H3. The van der Waals surface area contributed by atoms with E-state index >= 15 is 0 Å². The molecule has 3 heteroatoms. The Bertz CT molecular complexity index is 266. The highest BCUT2D eigenvalue weighted by Crippen LogP contribution is 2.17. The lowest BCUT2D eigenvalue weighted by Crippen LogP contribution is -1.94. The maximum absolute atomic E-state index is 5.18. The molecule has 0 aliphatic heterocycles. The van der Waals surface area contributed by atoms with Gasteiger partial charge >= 0.3 is 0 Å². The van der Waals surface area contributed by atoms with Crippen molar-refractivity contribution in [2.24, 2.45) is 0 Å². The predicted molar refractivity (Wildman–Crippen MR) is 50.9 cm³/mol. The Hall–Kier alpha value is -0.960. The Kier molecular flexibility index (Phi) is 3.17. The maximum atomic E-state index is 5.18. The van der Waals surface area contributed by atoms with Gasteiger partial charge in [-0.1, -0.05) is 15.9 Å². The highest BCUT2D eigenvalue weighted by atomic mass is 79.9. The molecular formula is C9H9BrO2. The summed E-state index contributed by atoms with van der Waals surface area (Å²) in [5.74, 6) is 1.00. The van der Waals surface area contributed by atoms with Crippen LogP contribution in [0.15, 0.2) is 41.3 Å². The molecule has 0 amide bonds. The summed E-state index contributed by atoms with van der Waals surface area (Å²) in [5, 5.41) is 0. The Morgan fingerprint density at radius 1 is 1.33 bits per heavy atom. The van der Waals surface area contributed by atoms with Crippen LogP contribution >= 0.6 is 15.9 Å². The van der Waals surface area contributed by atoms with Crippen LogP contribution in [-0.2, 0) is 4.74 Å². The number of methoxy groups -OCH3 is 1. The van der Waals surface area contributed by atoms with E-state index in [4.69, 9.17) is 9.47 Å². The number of rotatable bonds is 3. The van der Waals surface area contributed by atoms with Crippen LogP contribution in [0.4, 0.5) is 0 Å². The van der Waals surface area contributed by atoms with Crippen LogP contribution in [0.25, 0.3) is 0 Å². The molecule has 0 aliphatic rings. The van der Waals surface area contributed by atoms with E-state index in [-0.39, 0.29) is 5.95 Å². The largest absolute Gasteiger partial charge is 0.469 e. The van der Waals surface area contributed by atoms with Gasteiger partial charge in [0.15, 0.2) is 0 Å². The van der Waals surface area contributed by atoms with Crippen LogP contribution in [0.3, 0.4) is 0 Å². The molecule has 0 saturated heterocycles. The lowest BCUT2D eigenvalue weighted by molar-refractivity contribution is 0.154. The molecule has 0 spiro atoms. The van der Waals surface area contributed by atoms with E-state index in [2.05, 4.69) is 22.5 Å². The monoisotopic (exact) mass is 228 g/mol. The Balaban J connectivity index is 2.64. The third kappa shape index (κ3) is 2.58. The maximum Gasteiger partial charge on any atom is 0.276 e. The van der Waals surface area contributed by atoms with Crippen molar-refractivity contribution >= 4 is 15.9 Å². The van der Waals surface area contributed by atoms with E-state index in [1.54, 1.807) is 0 Å². The van der Waals surface area contributed by atoms with Crippen LogP contribution < -0.4 is 4.74 Å². The Morgan fingerprint density at radius 3 is 2.42 bits per heavy atom. The van der Waals surface area contributed by atoms with Crippen molar-refractivity contribution < 1.29 is 9.47 Å². The average molecular weight is 229 g/mol. The van der Waals surface area contributed by atoms with Crippen molar-refractivity contribution in [2.75, 3.05) is 7.11 Å². The average Bonchev–Trinajstić information content (AvgIpc) is 2.09. The molecule has 2 nitrogen and oxygen atoms in total. The van der Waals surface area contributed by atoms with E-state index in [0.29, 0.717) is 5.75 Å². The summed E-state index contributed by atoms with van der Waals surface area (Å²) in [6, 6.07) is 7.43. The van der Waals surface area contributed by atoms with Crippen molar-refractivity contribution in [1.82, 2.24) is 0 Å². The minimum Gasteiger partial charge on any atom is -0.469 e. The van der Waals surface area contributed by atoms with Gasteiger partial charge in [-0.15, -0.1) is 0 Å². The molecule has 1 aromatic carbocycles. The normalized spacial score (nSPS) is 9.17. The summed E-state index contributed by atoms with van der Waals surface area (Å²) in [7, 11) is 1.52. The molecule has 0 aliphatic carbocycles. The fourth-order valence-corrected chi connectivity index (χ4v) is 0.940. The summed E-state index contributed by atoms with van der Waals surface area (Å²) in [6.45, 7) is 3.53. The second kappa shape index (κ2) is 4.16. The van der Waals surface area contributed by atoms with Crippen molar-refractivity contribution in [3.05, 3.63) is 41.3 Å². The van der Waals surface area contributed by atoms with Gasteiger partial charge in [0.1, 0.15) is 5.75 Å². The Labute approximate surface area is 79.9 Å². The molecule has 0 heterocycles. The molecule has 0 bridgehead atoms. The number of ether oxygens (including phenoxy) is 2. The topological polar surface area (TPSA) is 18.5 Å². The summed E-state index contributed by atoms with van der Waals surface area (Å²) in [5.41, 5.74) is 0. The Morgan fingerprint density at radius 2 is 1.92 bits per heavy atom. The van der Waals surface area contributed by atoms with Gasteiger partial charge in [-0.2, -0.15) is 0 Å². The van der Waals surface area contributed by atoms with Crippen LogP contribution in [-0.4, -0.2) is 7.11 Å². The van der Waals surface area contributed by atoms with Crippen molar-refractivity contribution in [3.63, 3.8) is 0 Å². The first-order valence-electron chi connectivity index (χ1n) is 3.38. The van der Waals surface area contributed by atoms with E-state index in [9.17, 15) is 0 Å². The van der Waals surface area contributed by atoms with Gasteiger partial charge in [-0.25, -0.2) is 0 Å². The molecule has 0 atom stereocenters. The highest BCUT2D eigenvalue weighted by molar-refractivity contribution is 9.10. The van der Waals surface area contributed by atoms with Gasteiger partial charge in [0, 0.05) is 4.47 Å². The van der Waals surface area contributed by atoms with Gasteiger partial charge in [0.25, 0.3) is 5.95 Å². The van der Waals surface area contributed by atoms with Crippen molar-refractivity contribution in [1.29, 1.82) is 0 Å². The second-order valence-corrected chi connectivity index (χ2v) is 3.05. The van der Waals surface area contributed by atoms with Crippen LogP contribution in [0.1, 0.15) is 0 Å². The molecule has 64 valence electrons. The fourth-order valence-electron chi connectivity index (χ4n) is 0.676. The van der Waals surface area contributed by atoms with Gasteiger partial charge in [0.05, 0.1) is 7.11 Å². The molecule has 0 aromatic heterocycles. The molecular weight excluding hydrogens is 220 g/mol. The molecule has 1 aromatic rings. The second-order valence-electron chi connectivity index (χ2n) is 2.13. The minimum atomic E-state index is 0.289. The number of hydrogen-bond donors (Lipinski definition) is 0. The van der Waals surface area contributed by atoms with Gasteiger partial charge in [-0.05, 0) is 30.8 Å². The lowest BCUT2D eigenvalue weighted by Gasteiger charge is -2.05. The zero-order valence-electron chi connectivity index (χ0n) is 6.71. The summed E-state index contributed by atoms with van der Waals surface area (Å²) in [6.07, 6.45) is 0. The third-order valence-corrected chi connectivity index (χ3v) is 1.80. The van der Waals surface area contributed by atoms with Gasteiger partial charge in [-0.3, -0.25) is 0 Å². The number of benzene rings is 1. The van der Waals surface area contributed by atoms with E-state index in [0.717, 1.165) is 4.47 Å². The van der Waals surface area contributed by atoms with Gasteiger partial charge in [0.2, 0.25) is 0 Å². The summed E-state index contributed by atoms with van der Waals surface area (Å²) >= 11 is 3.32. The molecule has 0 radical (unpaired) electrons. The number of hydrogen-bond acceptors (Lipinski definition) is 2. The minimum absolute atomic E-state index is 0.289. The molecule has 0 saturated carbocycles. The first-order chi connectivity index (χ1) is 5.72. The number of halogens is 1. The van der Waals surface area contributed by atoms with E-state index < -0.39 is 0 Å². The zero-order valence-corrected chi connectivity index (χ0v) is 8.30. The van der Waals surface area contributed by atoms with E-state index in [1.165, 1.54) is 7.11 Å². The fraction of sp³-hybridized carbons (Fsp3) is 0.111. The van der Waals surface area contributed by atoms with Crippen molar-refractivity contribution in [3.8, 4) is 5.75 Å². The quantitative estimate of drug-likeness (QED) is 0.742. The molecule has 12 heavy (non-hydrogen) atoms. The predicted octanol–water partition coefficient (Wildman–Crippen LogP) is 2.95. The van der Waals surface area contributed by atoms with Crippen molar-refractivity contribution in [2.45, 2.75) is 0 Å². The summed E-state index contributed by atoms with van der Waals surface area (Å²) in [4.78, 5) is 0. The first kappa shape index (κ1) is 9.13. The van der Waals surface area contributed by atoms with Crippen LogP contribution in [0.2, 0.25) is 0 Å². The summed E-state index contributed by atoms with van der Waals surface area (Å²) < 4.78 is 10.9. The molecule has 0 N–H and O–H groups in total. The highest BCUT2D eigenvalue weighted by Gasteiger charge is 1.95. The van der Waals surface area contributed by atoms with E-state index in [1.807, 2.05) is 24.3 Å². The SMILES string of the molecule is C=C(OC)Oc1ccc(Br)cc1. The first-order valence-corrected chi connectivity index (χ1v) is 4.18. The van der Waals surface area contributed by atoms with Crippen LogP contribution in [0, 0.1) is 0 Å². The van der Waals surface area contributed by atoms with Crippen LogP contribution in [0.5, 0.6) is 5.75 Å². The zero-order chi connectivity index (χ0) is 8.97. The smallest absolute Gasteiger partial charge is 0.276 e. The third-order valence-electron chi connectivity index (χ3n) is 1.27. The van der Waals surface area contributed by atoms with Gasteiger partial charge < -0.3 is 9.47 Å². The molecule has 0 fully saturated rings. The lowest BCUT2D eigenvalue weighted by atomic mass is 10.3.